The van der Waals surface area contributed by atoms with Gasteiger partial charge in [0.15, 0.2) is 11.2 Å². The molecule has 0 saturated heterocycles. The minimum Gasteiger partial charge on any atom is -0.399 e. The molecule has 8 heteroatoms. The van der Waals surface area contributed by atoms with Gasteiger partial charge in [0, 0.05) is 12.0 Å². The van der Waals surface area contributed by atoms with Crippen LogP contribution in [0.1, 0.15) is 25.2 Å². The summed E-state index contributed by atoms with van der Waals surface area (Å²) in [7, 11) is 1.50. The Balaban J connectivity index is 2.18. The van der Waals surface area contributed by atoms with E-state index in [0.29, 0.717) is 17.9 Å². The lowest BCUT2D eigenvalue weighted by Crippen LogP contribution is -2.12. The van der Waals surface area contributed by atoms with Crippen molar-refractivity contribution in [3.05, 3.63) is 46.0 Å². The topological polar surface area (TPSA) is 98.0 Å². The van der Waals surface area contributed by atoms with E-state index in [0.717, 1.165) is 17.0 Å². The van der Waals surface area contributed by atoms with Gasteiger partial charge >= 0.3 is 0 Å². The van der Waals surface area contributed by atoms with Gasteiger partial charge in [0.05, 0.1) is 11.4 Å². The molecule has 3 rings (SSSR count). The van der Waals surface area contributed by atoms with Crippen LogP contribution >= 0.6 is 0 Å². The number of nitrogens with one attached hydrogen (secondary N) is 1. The van der Waals surface area contributed by atoms with Crippen LogP contribution < -0.4 is 5.56 Å². The van der Waals surface area contributed by atoms with Gasteiger partial charge in [-0.1, -0.05) is 29.4 Å². The lowest BCUT2D eigenvalue weighted by molar-refractivity contribution is 0.213. The van der Waals surface area contributed by atoms with Gasteiger partial charge in [-0.15, -0.1) is 5.10 Å². The number of rotatable bonds is 4. The van der Waals surface area contributed by atoms with Crippen LogP contribution in [0.4, 0.5) is 0 Å². The number of benzene rings is 1. The minimum absolute atomic E-state index is 0.217. The predicted octanol–water partition coefficient (Wildman–Crippen LogP) is 1.44. The summed E-state index contributed by atoms with van der Waals surface area (Å²) in [4.78, 5) is 23.9. The van der Waals surface area contributed by atoms with E-state index in [4.69, 9.17) is 4.84 Å². The maximum Gasteiger partial charge on any atom is 0.281 e. The summed E-state index contributed by atoms with van der Waals surface area (Å²) in [5.41, 5.74) is 2.73. The third-order valence-corrected chi connectivity index (χ3v) is 3.43. The van der Waals surface area contributed by atoms with Crippen LogP contribution in [-0.2, 0) is 11.3 Å². The molecule has 0 aliphatic carbocycles. The molecule has 1 N–H and O–H groups in total. The highest BCUT2D eigenvalue weighted by Crippen LogP contribution is 2.14. The number of hydrogen-bond acceptors (Lipinski definition) is 6. The van der Waals surface area contributed by atoms with E-state index in [-0.39, 0.29) is 11.1 Å². The molecule has 0 unspecified atom stereocenters. The molecule has 0 amide bonds. The van der Waals surface area contributed by atoms with Crippen LogP contribution in [0, 0.1) is 0 Å². The van der Waals surface area contributed by atoms with Crippen LogP contribution in [-0.4, -0.2) is 37.8 Å². The molecule has 2 aromatic heterocycles. The Morgan fingerprint density at radius 2 is 2.26 bits per heavy atom. The molecule has 0 aliphatic rings. The van der Waals surface area contributed by atoms with E-state index in [2.05, 4.69) is 25.4 Å². The minimum atomic E-state index is -0.286. The first kappa shape index (κ1) is 14.9. The smallest absolute Gasteiger partial charge is 0.281 e. The SMILES string of the molecule is CCc1nc2c(nnn2-c2cccc(/C(C)=N/OC)c2)c(=O)[nH]1. The molecule has 0 radical (unpaired) electrons. The van der Waals surface area contributed by atoms with E-state index in [1.165, 1.54) is 7.11 Å². The van der Waals surface area contributed by atoms with Gasteiger partial charge in [-0.3, -0.25) is 4.79 Å². The normalized spacial score (nSPS) is 11.9. The van der Waals surface area contributed by atoms with E-state index < -0.39 is 0 Å². The number of aryl methyl sites for hydroxylation is 1. The van der Waals surface area contributed by atoms with Crippen LogP contribution in [0.2, 0.25) is 0 Å². The first-order valence-electron chi connectivity index (χ1n) is 7.17. The summed E-state index contributed by atoms with van der Waals surface area (Å²) in [5, 5.41) is 11.9. The fraction of sp³-hybridized carbons (Fsp3) is 0.267. The van der Waals surface area contributed by atoms with Gasteiger partial charge in [0.25, 0.3) is 5.56 Å². The summed E-state index contributed by atoms with van der Waals surface area (Å²) < 4.78 is 1.55. The fourth-order valence-corrected chi connectivity index (χ4v) is 2.26. The van der Waals surface area contributed by atoms with Crippen LogP contribution in [0.3, 0.4) is 0 Å². The van der Waals surface area contributed by atoms with Crippen molar-refractivity contribution in [3.8, 4) is 5.69 Å². The van der Waals surface area contributed by atoms with E-state index >= 15 is 0 Å². The van der Waals surface area contributed by atoms with Gasteiger partial charge in [-0.25, -0.2) is 4.98 Å². The van der Waals surface area contributed by atoms with Crippen LogP contribution in [0.15, 0.2) is 34.2 Å². The lowest BCUT2D eigenvalue weighted by atomic mass is 10.1. The molecule has 0 spiro atoms. The number of aromatic nitrogens is 5. The lowest BCUT2D eigenvalue weighted by Gasteiger charge is -2.05. The van der Waals surface area contributed by atoms with E-state index in [1.807, 2.05) is 38.1 Å². The number of nitrogens with zero attached hydrogens (tertiary/aromatic N) is 5. The summed E-state index contributed by atoms with van der Waals surface area (Å²) in [6, 6.07) is 7.55. The summed E-state index contributed by atoms with van der Waals surface area (Å²) in [6.07, 6.45) is 0.621. The Hall–Kier alpha value is -3.03. The molecule has 1 aromatic carbocycles. The molecule has 0 fully saturated rings. The Morgan fingerprint density at radius 3 is 3.00 bits per heavy atom. The molecule has 118 valence electrons. The largest absolute Gasteiger partial charge is 0.399 e. The van der Waals surface area contributed by atoms with Gasteiger partial charge < -0.3 is 9.82 Å². The number of H-pyrrole nitrogens is 1. The highest BCUT2D eigenvalue weighted by molar-refractivity contribution is 5.98. The standard InChI is InChI=1S/C15H16N6O2/c1-4-12-16-14-13(15(22)17-12)18-20-21(14)11-7-5-6-10(8-11)9(2)19-23-3/h5-8H,4H2,1-3H3,(H,16,17,22)/b19-9+. The van der Waals surface area contributed by atoms with Crippen molar-refractivity contribution in [3.63, 3.8) is 0 Å². The Morgan fingerprint density at radius 1 is 1.43 bits per heavy atom. The first-order valence-corrected chi connectivity index (χ1v) is 7.17. The zero-order chi connectivity index (χ0) is 16.4. The quantitative estimate of drug-likeness (QED) is 0.580. The Labute approximate surface area is 131 Å². The van der Waals surface area contributed by atoms with Gasteiger partial charge in [-0.2, -0.15) is 4.68 Å². The summed E-state index contributed by atoms with van der Waals surface area (Å²) in [6.45, 7) is 3.77. The number of hydrogen-bond donors (Lipinski definition) is 1. The van der Waals surface area contributed by atoms with Crippen molar-refractivity contribution in [2.45, 2.75) is 20.3 Å². The van der Waals surface area contributed by atoms with Gasteiger partial charge in [-0.05, 0) is 19.1 Å². The maximum absolute atomic E-state index is 12.0. The Kier molecular flexibility index (Phi) is 3.88. The maximum atomic E-state index is 12.0. The van der Waals surface area contributed by atoms with Crippen molar-refractivity contribution in [2.24, 2.45) is 5.16 Å². The van der Waals surface area contributed by atoms with E-state index in [1.54, 1.807) is 4.68 Å². The molecule has 8 nitrogen and oxygen atoms in total. The second-order valence-electron chi connectivity index (χ2n) is 4.95. The molecular weight excluding hydrogens is 296 g/mol. The van der Waals surface area contributed by atoms with Crippen molar-refractivity contribution in [1.82, 2.24) is 25.0 Å². The fourth-order valence-electron chi connectivity index (χ4n) is 2.26. The average molecular weight is 312 g/mol. The second kappa shape index (κ2) is 5.99. The zero-order valence-electron chi connectivity index (χ0n) is 13.1. The molecule has 23 heavy (non-hydrogen) atoms. The molecule has 0 saturated carbocycles. The highest BCUT2D eigenvalue weighted by Gasteiger charge is 2.13. The Bertz CT molecular complexity index is 941. The first-order chi connectivity index (χ1) is 11.1. The second-order valence-corrected chi connectivity index (χ2v) is 4.95. The molecule has 0 atom stereocenters. The van der Waals surface area contributed by atoms with Gasteiger partial charge in [0.2, 0.25) is 0 Å². The summed E-state index contributed by atoms with van der Waals surface area (Å²) in [5.74, 6) is 0.597. The van der Waals surface area contributed by atoms with Gasteiger partial charge in [0.1, 0.15) is 12.9 Å². The molecule has 3 aromatic rings. The molecule has 0 aliphatic heterocycles. The number of fused-ring (bicyclic) bond motifs is 1. The third-order valence-electron chi connectivity index (χ3n) is 3.43. The van der Waals surface area contributed by atoms with Crippen molar-refractivity contribution in [2.75, 3.05) is 7.11 Å². The zero-order valence-corrected chi connectivity index (χ0v) is 13.1. The van der Waals surface area contributed by atoms with Crippen molar-refractivity contribution < 1.29 is 4.84 Å². The van der Waals surface area contributed by atoms with Crippen molar-refractivity contribution in [1.29, 1.82) is 0 Å². The van der Waals surface area contributed by atoms with Crippen LogP contribution in [0.5, 0.6) is 0 Å². The molecular formula is C15H16N6O2. The van der Waals surface area contributed by atoms with Crippen molar-refractivity contribution >= 4 is 16.9 Å². The highest BCUT2D eigenvalue weighted by atomic mass is 16.6. The van der Waals surface area contributed by atoms with Crippen LogP contribution in [0.25, 0.3) is 16.9 Å². The molecule has 2 heterocycles. The van der Waals surface area contributed by atoms with E-state index in [9.17, 15) is 4.79 Å². The third kappa shape index (κ3) is 2.70. The number of aromatic amines is 1. The monoisotopic (exact) mass is 312 g/mol. The number of oxime groups is 1. The molecule has 0 bridgehead atoms. The average Bonchev–Trinajstić information content (AvgIpc) is 2.99. The predicted molar refractivity (Wildman–Crippen MR) is 85.9 cm³/mol. The summed E-state index contributed by atoms with van der Waals surface area (Å²) >= 11 is 0.